The lowest BCUT2D eigenvalue weighted by atomic mass is 9.94. The highest BCUT2D eigenvalue weighted by Gasteiger charge is 2.45. The molecule has 3 nitrogen and oxygen atoms in total. The second-order valence-corrected chi connectivity index (χ2v) is 7.37. The van der Waals surface area contributed by atoms with Crippen molar-refractivity contribution in [3.8, 4) is 0 Å². The number of nitrogens with zero attached hydrogens (tertiary/aromatic N) is 2. The van der Waals surface area contributed by atoms with Crippen molar-refractivity contribution in [1.82, 2.24) is 9.80 Å². The van der Waals surface area contributed by atoms with Gasteiger partial charge in [-0.25, -0.2) is 0 Å². The van der Waals surface area contributed by atoms with Crippen LogP contribution in [0.1, 0.15) is 32.3 Å². The third-order valence-electron chi connectivity index (χ3n) is 4.99. The minimum absolute atomic E-state index is 0.425. The number of rotatable bonds is 5. The summed E-state index contributed by atoms with van der Waals surface area (Å²) in [7, 11) is 0. The lowest BCUT2D eigenvalue weighted by Gasteiger charge is -2.37. The molecule has 2 fully saturated rings. The van der Waals surface area contributed by atoms with Crippen molar-refractivity contribution in [3.05, 3.63) is 29.8 Å². The van der Waals surface area contributed by atoms with Gasteiger partial charge in [0.25, 0.3) is 0 Å². The summed E-state index contributed by atoms with van der Waals surface area (Å²) >= 11 is 0. The summed E-state index contributed by atoms with van der Waals surface area (Å²) in [4.78, 5) is 5.28. The molecule has 0 atom stereocenters. The summed E-state index contributed by atoms with van der Waals surface area (Å²) < 4.78 is 0. The molecule has 2 N–H and O–H groups in total. The van der Waals surface area contributed by atoms with Crippen LogP contribution in [-0.2, 0) is 5.41 Å². The molecule has 1 saturated heterocycles. The molecule has 0 radical (unpaired) electrons. The molecule has 1 saturated carbocycles. The molecule has 0 aromatic heterocycles. The summed E-state index contributed by atoms with van der Waals surface area (Å²) in [5, 5.41) is 0. The number of hydrogen-bond acceptors (Lipinski definition) is 3. The first-order chi connectivity index (χ1) is 10.1. The number of nitrogens with two attached hydrogens (primary N) is 1. The maximum absolute atomic E-state index is 5.81. The number of piperazine rings is 1. The maximum Gasteiger partial charge on any atom is 0.0314 e. The van der Waals surface area contributed by atoms with E-state index in [4.69, 9.17) is 5.73 Å². The third-order valence-corrected chi connectivity index (χ3v) is 4.99. The van der Waals surface area contributed by atoms with Crippen LogP contribution < -0.4 is 5.73 Å². The molecule has 0 bridgehead atoms. The quantitative estimate of drug-likeness (QED) is 0.845. The summed E-state index contributed by atoms with van der Waals surface area (Å²) in [6, 6.07) is 8.57. The van der Waals surface area contributed by atoms with Crippen molar-refractivity contribution in [2.75, 3.05) is 45.0 Å². The van der Waals surface area contributed by atoms with Crippen molar-refractivity contribution in [3.63, 3.8) is 0 Å². The van der Waals surface area contributed by atoms with Gasteiger partial charge in [-0.2, -0.15) is 0 Å². The van der Waals surface area contributed by atoms with Crippen molar-refractivity contribution < 1.29 is 0 Å². The molecule has 21 heavy (non-hydrogen) atoms. The van der Waals surface area contributed by atoms with Gasteiger partial charge in [0.15, 0.2) is 0 Å². The summed E-state index contributed by atoms with van der Waals surface area (Å²) in [5.41, 5.74) is 8.60. The van der Waals surface area contributed by atoms with Gasteiger partial charge < -0.3 is 10.6 Å². The fraction of sp³-hybridized carbons (Fsp3) is 0.667. The van der Waals surface area contributed by atoms with Crippen LogP contribution in [0.3, 0.4) is 0 Å². The molecule has 2 aliphatic rings. The SMILES string of the molecule is CC(C)CN1CCN(CC2(c3ccc(N)cc3)CC2)CC1. The van der Waals surface area contributed by atoms with Gasteiger partial charge in [-0.1, -0.05) is 26.0 Å². The maximum atomic E-state index is 5.81. The van der Waals surface area contributed by atoms with Crippen LogP contribution in [0.4, 0.5) is 5.69 Å². The molecular formula is C18H29N3. The van der Waals surface area contributed by atoms with E-state index in [1.165, 1.54) is 57.7 Å². The molecule has 1 heterocycles. The van der Waals surface area contributed by atoms with Gasteiger partial charge in [0, 0.05) is 50.4 Å². The number of nitrogen functional groups attached to an aromatic ring is 1. The van der Waals surface area contributed by atoms with E-state index in [0.29, 0.717) is 5.41 Å². The molecule has 1 aromatic carbocycles. The standard InChI is InChI=1S/C18H29N3/c1-15(2)13-20-9-11-21(12-10-20)14-18(7-8-18)16-3-5-17(19)6-4-16/h3-6,15H,7-14,19H2,1-2H3. The Kier molecular flexibility index (Phi) is 4.23. The highest BCUT2D eigenvalue weighted by molar-refractivity contribution is 5.43. The number of hydrogen-bond donors (Lipinski definition) is 1. The first-order valence-electron chi connectivity index (χ1n) is 8.38. The predicted octanol–water partition coefficient (Wildman–Crippen LogP) is 2.57. The third kappa shape index (κ3) is 3.58. The highest BCUT2D eigenvalue weighted by Crippen LogP contribution is 2.48. The van der Waals surface area contributed by atoms with Crippen LogP contribution in [0, 0.1) is 5.92 Å². The zero-order valence-corrected chi connectivity index (χ0v) is 13.5. The fourth-order valence-corrected chi connectivity index (χ4v) is 3.60. The Hall–Kier alpha value is -1.06. The highest BCUT2D eigenvalue weighted by atomic mass is 15.3. The lowest BCUT2D eigenvalue weighted by Crippen LogP contribution is -2.49. The van der Waals surface area contributed by atoms with Gasteiger partial charge in [-0.3, -0.25) is 4.90 Å². The van der Waals surface area contributed by atoms with Crippen LogP contribution >= 0.6 is 0 Å². The van der Waals surface area contributed by atoms with E-state index < -0.39 is 0 Å². The molecular weight excluding hydrogens is 258 g/mol. The van der Waals surface area contributed by atoms with Gasteiger partial charge in [0.2, 0.25) is 0 Å². The van der Waals surface area contributed by atoms with E-state index in [2.05, 4.69) is 47.9 Å². The van der Waals surface area contributed by atoms with Crippen molar-refractivity contribution >= 4 is 5.69 Å². The largest absolute Gasteiger partial charge is 0.399 e. The normalized spacial score (nSPS) is 22.6. The average molecular weight is 287 g/mol. The van der Waals surface area contributed by atoms with Crippen LogP contribution in [-0.4, -0.2) is 49.1 Å². The van der Waals surface area contributed by atoms with Gasteiger partial charge >= 0.3 is 0 Å². The number of benzene rings is 1. The molecule has 3 rings (SSSR count). The Balaban J connectivity index is 1.54. The monoisotopic (exact) mass is 287 g/mol. The second kappa shape index (κ2) is 5.98. The van der Waals surface area contributed by atoms with Crippen molar-refractivity contribution in [2.24, 2.45) is 5.92 Å². The summed E-state index contributed by atoms with van der Waals surface area (Å²) in [6.45, 7) is 12.0. The molecule has 1 aliphatic carbocycles. The van der Waals surface area contributed by atoms with E-state index in [9.17, 15) is 0 Å². The lowest BCUT2D eigenvalue weighted by molar-refractivity contribution is 0.115. The van der Waals surface area contributed by atoms with E-state index in [1.807, 2.05) is 0 Å². The van der Waals surface area contributed by atoms with Gasteiger partial charge in [0.05, 0.1) is 0 Å². The molecule has 1 aliphatic heterocycles. The molecule has 0 unspecified atom stereocenters. The Labute approximate surface area is 129 Å². The molecule has 3 heteroatoms. The van der Waals surface area contributed by atoms with Crippen molar-refractivity contribution in [2.45, 2.75) is 32.1 Å². The second-order valence-electron chi connectivity index (χ2n) is 7.37. The van der Waals surface area contributed by atoms with E-state index >= 15 is 0 Å². The average Bonchev–Trinajstić information content (AvgIpc) is 3.22. The number of anilines is 1. The van der Waals surface area contributed by atoms with Crippen LogP contribution in [0.2, 0.25) is 0 Å². The minimum atomic E-state index is 0.425. The first kappa shape index (κ1) is 14.9. The van der Waals surface area contributed by atoms with E-state index in [-0.39, 0.29) is 0 Å². The Morgan fingerprint density at radius 3 is 2.10 bits per heavy atom. The Morgan fingerprint density at radius 2 is 1.57 bits per heavy atom. The topological polar surface area (TPSA) is 32.5 Å². The van der Waals surface area contributed by atoms with E-state index in [0.717, 1.165) is 11.6 Å². The minimum Gasteiger partial charge on any atom is -0.399 e. The zero-order valence-electron chi connectivity index (χ0n) is 13.5. The van der Waals surface area contributed by atoms with Gasteiger partial charge in [0.1, 0.15) is 0 Å². The Morgan fingerprint density at radius 1 is 1.00 bits per heavy atom. The first-order valence-corrected chi connectivity index (χ1v) is 8.38. The molecule has 0 spiro atoms. The molecule has 1 aromatic rings. The smallest absolute Gasteiger partial charge is 0.0314 e. The molecule has 116 valence electrons. The summed E-state index contributed by atoms with van der Waals surface area (Å²) in [5.74, 6) is 0.779. The van der Waals surface area contributed by atoms with Crippen LogP contribution in [0.25, 0.3) is 0 Å². The zero-order chi connectivity index (χ0) is 14.9. The Bertz CT molecular complexity index is 454. The van der Waals surface area contributed by atoms with Crippen molar-refractivity contribution in [1.29, 1.82) is 0 Å². The van der Waals surface area contributed by atoms with Gasteiger partial charge in [-0.15, -0.1) is 0 Å². The van der Waals surface area contributed by atoms with Crippen LogP contribution in [0.15, 0.2) is 24.3 Å². The predicted molar refractivity (Wildman–Crippen MR) is 89.5 cm³/mol. The van der Waals surface area contributed by atoms with E-state index in [1.54, 1.807) is 0 Å². The fourth-order valence-electron chi connectivity index (χ4n) is 3.60. The van der Waals surface area contributed by atoms with Gasteiger partial charge in [-0.05, 0) is 36.5 Å². The van der Waals surface area contributed by atoms with Crippen LogP contribution in [0.5, 0.6) is 0 Å². The summed E-state index contributed by atoms with van der Waals surface area (Å²) in [6.07, 6.45) is 2.67. The molecule has 0 amide bonds.